The third-order valence-electron chi connectivity index (χ3n) is 2.41. The van der Waals surface area contributed by atoms with Crippen LogP contribution in [0.4, 0.5) is 0 Å². The number of hydrogen-bond donors (Lipinski definition) is 1. The van der Waals surface area contributed by atoms with Gasteiger partial charge in [0.2, 0.25) is 0 Å². The fourth-order valence-electron chi connectivity index (χ4n) is 1.52. The minimum Gasteiger partial charge on any atom is -0.465 e. The lowest BCUT2D eigenvalue weighted by atomic mass is 10.1. The van der Waals surface area contributed by atoms with Crippen molar-refractivity contribution in [3.8, 4) is 0 Å². The summed E-state index contributed by atoms with van der Waals surface area (Å²) in [5, 5.41) is 10.2. The Hall–Kier alpha value is -0.330. The maximum Gasteiger partial charge on any atom is 0.150 e. The zero-order chi connectivity index (χ0) is 11.7. The highest BCUT2D eigenvalue weighted by atomic mass is 127. The Balaban J connectivity index is 2.46. The first kappa shape index (κ1) is 12.1. The Bertz CT molecular complexity index is 507. The minimum absolute atomic E-state index is 0.545. The summed E-state index contributed by atoms with van der Waals surface area (Å²) in [7, 11) is 0. The van der Waals surface area contributed by atoms with Crippen molar-refractivity contribution < 1.29 is 9.52 Å². The van der Waals surface area contributed by atoms with E-state index in [-0.39, 0.29) is 0 Å². The van der Waals surface area contributed by atoms with Crippen molar-refractivity contribution in [1.82, 2.24) is 0 Å². The van der Waals surface area contributed by atoms with E-state index in [0.29, 0.717) is 5.76 Å². The SMILES string of the molecule is Cc1cccc(C(O)c2occc2Br)c1I. The molecular formula is C12H10BrIO2. The van der Waals surface area contributed by atoms with Crippen LogP contribution >= 0.6 is 38.5 Å². The van der Waals surface area contributed by atoms with Gasteiger partial charge in [0.1, 0.15) is 6.10 Å². The van der Waals surface area contributed by atoms with Gasteiger partial charge in [-0.3, -0.25) is 0 Å². The third-order valence-corrected chi connectivity index (χ3v) is 4.54. The number of halogens is 2. The molecule has 0 saturated carbocycles. The number of rotatable bonds is 2. The first-order chi connectivity index (χ1) is 7.61. The summed E-state index contributed by atoms with van der Waals surface area (Å²) in [6.45, 7) is 2.02. The van der Waals surface area contributed by atoms with Gasteiger partial charge in [0.15, 0.2) is 5.76 Å². The number of benzene rings is 1. The van der Waals surface area contributed by atoms with E-state index in [1.165, 1.54) is 0 Å². The molecule has 16 heavy (non-hydrogen) atoms. The Morgan fingerprint density at radius 3 is 2.75 bits per heavy atom. The second kappa shape index (κ2) is 4.89. The molecule has 0 amide bonds. The number of furan rings is 1. The monoisotopic (exact) mass is 392 g/mol. The van der Waals surface area contributed by atoms with Crippen molar-refractivity contribution in [3.63, 3.8) is 0 Å². The van der Waals surface area contributed by atoms with Gasteiger partial charge >= 0.3 is 0 Å². The summed E-state index contributed by atoms with van der Waals surface area (Å²) < 4.78 is 7.13. The van der Waals surface area contributed by atoms with Crippen molar-refractivity contribution in [1.29, 1.82) is 0 Å². The van der Waals surface area contributed by atoms with E-state index < -0.39 is 6.10 Å². The van der Waals surface area contributed by atoms with E-state index in [0.717, 1.165) is 19.2 Å². The number of aliphatic hydroxyl groups excluding tert-OH is 1. The Labute approximate surface area is 116 Å². The van der Waals surface area contributed by atoms with Crippen LogP contribution in [0, 0.1) is 10.5 Å². The van der Waals surface area contributed by atoms with E-state index in [1.807, 2.05) is 25.1 Å². The molecule has 0 spiro atoms. The second-order valence-electron chi connectivity index (χ2n) is 3.51. The summed E-state index contributed by atoms with van der Waals surface area (Å²) in [6.07, 6.45) is 0.835. The summed E-state index contributed by atoms with van der Waals surface area (Å²) in [6, 6.07) is 7.65. The number of aliphatic hydroxyl groups is 1. The highest BCUT2D eigenvalue weighted by Crippen LogP contribution is 2.32. The summed E-state index contributed by atoms with van der Waals surface area (Å²) >= 11 is 5.59. The van der Waals surface area contributed by atoms with Crippen LogP contribution in [0.25, 0.3) is 0 Å². The molecule has 1 atom stereocenters. The van der Waals surface area contributed by atoms with Crippen LogP contribution in [0.1, 0.15) is 23.0 Å². The van der Waals surface area contributed by atoms with Gasteiger partial charge < -0.3 is 9.52 Å². The van der Waals surface area contributed by atoms with Crippen molar-refractivity contribution in [2.75, 3.05) is 0 Å². The van der Waals surface area contributed by atoms with Crippen LogP contribution in [-0.2, 0) is 0 Å². The second-order valence-corrected chi connectivity index (χ2v) is 5.45. The largest absolute Gasteiger partial charge is 0.465 e. The van der Waals surface area contributed by atoms with Gasteiger partial charge in [0.05, 0.1) is 10.7 Å². The van der Waals surface area contributed by atoms with Crippen LogP contribution in [0.3, 0.4) is 0 Å². The predicted octanol–water partition coefficient (Wildman–Crippen LogP) is 4.04. The average molecular weight is 393 g/mol. The fraction of sp³-hybridized carbons (Fsp3) is 0.167. The molecule has 0 aliphatic heterocycles. The molecule has 2 aromatic rings. The molecule has 2 rings (SSSR count). The van der Waals surface area contributed by atoms with Gasteiger partial charge in [0.25, 0.3) is 0 Å². The molecule has 1 aromatic heterocycles. The molecule has 1 aromatic carbocycles. The van der Waals surface area contributed by atoms with Gasteiger partial charge in [-0.25, -0.2) is 0 Å². The zero-order valence-corrected chi connectivity index (χ0v) is 12.3. The summed E-state index contributed by atoms with van der Waals surface area (Å²) in [5.74, 6) is 0.545. The molecule has 0 aliphatic rings. The van der Waals surface area contributed by atoms with Crippen molar-refractivity contribution in [2.45, 2.75) is 13.0 Å². The van der Waals surface area contributed by atoms with Crippen LogP contribution in [0.5, 0.6) is 0 Å². The molecule has 1 unspecified atom stereocenters. The molecule has 84 valence electrons. The number of aryl methyl sites for hydroxylation is 1. The maximum atomic E-state index is 10.2. The van der Waals surface area contributed by atoms with E-state index in [9.17, 15) is 5.11 Å². The van der Waals surface area contributed by atoms with Crippen molar-refractivity contribution >= 4 is 38.5 Å². The quantitative estimate of drug-likeness (QED) is 0.782. The summed E-state index contributed by atoms with van der Waals surface area (Å²) in [4.78, 5) is 0. The standard InChI is InChI=1S/C12H10BrIO2/c1-7-3-2-4-8(10(7)14)11(15)12-9(13)5-6-16-12/h2-6,11,15H,1H3. The Morgan fingerprint density at radius 2 is 2.12 bits per heavy atom. The molecule has 1 heterocycles. The first-order valence-electron chi connectivity index (χ1n) is 4.77. The molecule has 0 fully saturated rings. The minimum atomic E-state index is -0.726. The molecule has 0 radical (unpaired) electrons. The third kappa shape index (κ3) is 2.19. The van der Waals surface area contributed by atoms with Gasteiger partial charge in [-0.05, 0) is 57.1 Å². The van der Waals surface area contributed by atoms with Crippen LogP contribution < -0.4 is 0 Å². The smallest absolute Gasteiger partial charge is 0.150 e. The summed E-state index contributed by atoms with van der Waals surface area (Å²) in [5.41, 5.74) is 2.02. The topological polar surface area (TPSA) is 33.4 Å². The van der Waals surface area contributed by atoms with Gasteiger partial charge in [-0.15, -0.1) is 0 Å². The van der Waals surface area contributed by atoms with Gasteiger partial charge in [-0.1, -0.05) is 18.2 Å². The van der Waals surface area contributed by atoms with Crippen LogP contribution in [0.2, 0.25) is 0 Å². The normalized spacial score (nSPS) is 12.8. The maximum absolute atomic E-state index is 10.2. The lowest BCUT2D eigenvalue weighted by Gasteiger charge is -2.12. The zero-order valence-electron chi connectivity index (χ0n) is 8.58. The van der Waals surface area contributed by atoms with Crippen molar-refractivity contribution in [2.24, 2.45) is 0 Å². The van der Waals surface area contributed by atoms with E-state index >= 15 is 0 Å². The Kier molecular flexibility index (Phi) is 3.71. The highest BCUT2D eigenvalue weighted by molar-refractivity contribution is 14.1. The molecule has 0 saturated heterocycles. The fourth-order valence-corrected chi connectivity index (χ4v) is 2.60. The molecule has 0 bridgehead atoms. The lowest BCUT2D eigenvalue weighted by Crippen LogP contribution is -2.02. The van der Waals surface area contributed by atoms with Crippen LogP contribution in [-0.4, -0.2) is 5.11 Å². The van der Waals surface area contributed by atoms with E-state index in [1.54, 1.807) is 12.3 Å². The molecule has 0 aliphatic carbocycles. The molecule has 2 nitrogen and oxygen atoms in total. The van der Waals surface area contributed by atoms with Crippen LogP contribution in [0.15, 0.2) is 39.4 Å². The van der Waals surface area contributed by atoms with E-state index in [4.69, 9.17) is 4.42 Å². The van der Waals surface area contributed by atoms with E-state index in [2.05, 4.69) is 38.5 Å². The Morgan fingerprint density at radius 1 is 1.38 bits per heavy atom. The first-order valence-corrected chi connectivity index (χ1v) is 6.64. The number of hydrogen-bond acceptors (Lipinski definition) is 2. The van der Waals surface area contributed by atoms with Gasteiger partial charge in [-0.2, -0.15) is 0 Å². The van der Waals surface area contributed by atoms with Gasteiger partial charge in [0, 0.05) is 9.13 Å². The molecule has 4 heteroatoms. The molecular weight excluding hydrogens is 383 g/mol. The van der Waals surface area contributed by atoms with Crippen molar-refractivity contribution in [3.05, 3.63) is 55.5 Å². The molecule has 1 N–H and O–H groups in total. The highest BCUT2D eigenvalue weighted by Gasteiger charge is 2.19. The average Bonchev–Trinajstić information content (AvgIpc) is 2.68. The predicted molar refractivity (Wildman–Crippen MR) is 74.4 cm³/mol. The lowest BCUT2D eigenvalue weighted by molar-refractivity contribution is 0.187.